The topological polar surface area (TPSA) is 67.8 Å². The van der Waals surface area contributed by atoms with Crippen molar-refractivity contribution in [2.75, 3.05) is 5.32 Å². The molecule has 0 saturated carbocycles. The number of nitrogens with zero attached hydrogens (tertiary/aromatic N) is 3. The smallest absolute Gasteiger partial charge is 0.278 e. The average molecular weight is 275 g/mol. The fourth-order valence-electron chi connectivity index (χ4n) is 0.942. The molecule has 0 saturated heterocycles. The molecule has 0 aromatic carbocycles. The molecular weight excluding hydrogens is 271 g/mol. The quantitative estimate of drug-likeness (QED) is 0.914. The standard InChI is InChI=1S/C8H4Cl2N4OS/c9-4-1-5(10)7(11-2-4)12-8(15)6-3-16-14-13-6/h1-3H,(H,11,12,15). The Balaban J connectivity index is 2.18. The van der Waals surface area contributed by atoms with Crippen LogP contribution in [0.1, 0.15) is 10.5 Å². The summed E-state index contributed by atoms with van der Waals surface area (Å²) in [7, 11) is 0. The minimum atomic E-state index is -0.412. The number of amides is 1. The summed E-state index contributed by atoms with van der Waals surface area (Å²) < 4.78 is 3.58. The van der Waals surface area contributed by atoms with Crippen LogP contribution in [0.4, 0.5) is 5.82 Å². The van der Waals surface area contributed by atoms with E-state index in [0.29, 0.717) is 5.02 Å². The second kappa shape index (κ2) is 4.73. The Hall–Kier alpha value is -1.24. The number of rotatable bonds is 2. The summed E-state index contributed by atoms with van der Waals surface area (Å²) >= 11 is 12.6. The second-order valence-corrected chi connectivity index (χ2v) is 4.18. The van der Waals surface area contributed by atoms with Gasteiger partial charge in [0, 0.05) is 11.6 Å². The Morgan fingerprint density at radius 2 is 2.25 bits per heavy atom. The van der Waals surface area contributed by atoms with Gasteiger partial charge in [-0.3, -0.25) is 4.79 Å². The van der Waals surface area contributed by atoms with Crippen LogP contribution in [0.3, 0.4) is 0 Å². The maximum absolute atomic E-state index is 11.6. The first-order valence-electron chi connectivity index (χ1n) is 4.06. The third-order valence-corrected chi connectivity index (χ3v) is 2.63. The number of pyridine rings is 1. The van der Waals surface area contributed by atoms with Gasteiger partial charge < -0.3 is 5.32 Å². The molecule has 0 aliphatic heterocycles. The lowest BCUT2D eigenvalue weighted by molar-refractivity contribution is 0.102. The van der Waals surface area contributed by atoms with Crippen LogP contribution in [0, 0.1) is 0 Å². The van der Waals surface area contributed by atoms with E-state index in [-0.39, 0.29) is 16.5 Å². The van der Waals surface area contributed by atoms with Gasteiger partial charge in [-0.1, -0.05) is 27.7 Å². The van der Waals surface area contributed by atoms with Crippen LogP contribution in [0.15, 0.2) is 17.6 Å². The number of halogens is 2. The molecular formula is C8H4Cl2N4OS. The zero-order chi connectivity index (χ0) is 11.5. The number of carbonyl (C=O) groups excluding carboxylic acids is 1. The van der Waals surface area contributed by atoms with Crippen LogP contribution < -0.4 is 5.32 Å². The first-order valence-corrected chi connectivity index (χ1v) is 5.65. The SMILES string of the molecule is O=C(Nc1ncc(Cl)cc1Cl)c1csnn1. The summed E-state index contributed by atoms with van der Waals surface area (Å²) in [6.45, 7) is 0. The maximum Gasteiger partial charge on any atom is 0.278 e. The highest BCUT2D eigenvalue weighted by Gasteiger charge is 2.11. The number of hydrogen-bond acceptors (Lipinski definition) is 5. The van der Waals surface area contributed by atoms with Gasteiger partial charge in [0.2, 0.25) is 0 Å². The molecule has 2 heterocycles. The Kier molecular flexibility index (Phi) is 3.33. The molecule has 16 heavy (non-hydrogen) atoms. The highest BCUT2D eigenvalue weighted by atomic mass is 35.5. The minimum Gasteiger partial charge on any atom is -0.304 e. The highest BCUT2D eigenvalue weighted by Crippen LogP contribution is 2.22. The zero-order valence-corrected chi connectivity index (χ0v) is 9.97. The normalized spacial score (nSPS) is 10.1. The van der Waals surface area contributed by atoms with Gasteiger partial charge in [0.25, 0.3) is 5.91 Å². The molecule has 1 N–H and O–H groups in total. The van der Waals surface area contributed by atoms with Crippen LogP contribution in [0.5, 0.6) is 0 Å². The first kappa shape index (κ1) is 11.3. The lowest BCUT2D eigenvalue weighted by Crippen LogP contribution is -2.13. The van der Waals surface area contributed by atoms with Crippen molar-refractivity contribution in [3.63, 3.8) is 0 Å². The molecule has 0 aliphatic carbocycles. The maximum atomic E-state index is 11.6. The molecule has 82 valence electrons. The lowest BCUT2D eigenvalue weighted by atomic mass is 10.4. The van der Waals surface area contributed by atoms with Gasteiger partial charge in [0.05, 0.1) is 10.0 Å². The fourth-order valence-corrected chi connectivity index (χ4v) is 1.81. The summed E-state index contributed by atoms with van der Waals surface area (Å²) in [5, 5.41) is 8.32. The molecule has 2 rings (SSSR count). The van der Waals surface area contributed by atoms with E-state index in [4.69, 9.17) is 23.2 Å². The minimum absolute atomic E-state index is 0.220. The predicted molar refractivity (Wildman–Crippen MR) is 62.1 cm³/mol. The van der Waals surface area contributed by atoms with E-state index in [9.17, 15) is 4.79 Å². The van der Waals surface area contributed by atoms with Crippen LogP contribution in [-0.4, -0.2) is 20.5 Å². The molecule has 0 aliphatic rings. The second-order valence-electron chi connectivity index (χ2n) is 2.73. The molecule has 5 nitrogen and oxygen atoms in total. The first-order chi connectivity index (χ1) is 7.66. The van der Waals surface area contributed by atoms with E-state index in [1.807, 2.05) is 0 Å². The molecule has 0 bridgehead atoms. The summed E-state index contributed by atoms with van der Waals surface area (Å²) in [6, 6.07) is 1.49. The Bertz CT molecular complexity index is 517. The number of hydrogen-bond donors (Lipinski definition) is 1. The van der Waals surface area contributed by atoms with E-state index >= 15 is 0 Å². The number of nitrogens with one attached hydrogen (secondary N) is 1. The Morgan fingerprint density at radius 1 is 1.44 bits per heavy atom. The summed E-state index contributed by atoms with van der Waals surface area (Å²) in [5.41, 5.74) is 0.220. The number of aromatic nitrogens is 3. The van der Waals surface area contributed by atoms with E-state index in [1.165, 1.54) is 17.6 Å². The van der Waals surface area contributed by atoms with Crippen molar-refractivity contribution in [1.29, 1.82) is 0 Å². The summed E-state index contributed by atoms with van der Waals surface area (Å²) in [4.78, 5) is 15.5. The van der Waals surface area contributed by atoms with Crippen molar-refractivity contribution in [2.24, 2.45) is 0 Å². The van der Waals surface area contributed by atoms with Gasteiger partial charge in [-0.2, -0.15) is 0 Å². The molecule has 2 aromatic heterocycles. The van der Waals surface area contributed by atoms with E-state index in [1.54, 1.807) is 0 Å². The predicted octanol–water partition coefficient (Wildman–Crippen LogP) is 2.49. The van der Waals surface area contributed by atoms with Gasteiger partial charge in [-0.25, -0.2) is 4.98 Å². The Labute approximate surface area is 105 Å². The molecule has 0 radical (unpaired) electrons. The van der Waals surface area contributed by atoms with Crippen molar-refractivity contribution < 1.29 is 4.79 Å². The van der Waals surface area contributed by atoms with Crippen LogP contribution in [0.2, 0.25) is 10.0 Å². The van der Waals surface area contributed by atoms with Gasteiger partial charge >= 0.3 is 0 Å². The highest BCUT2D eigenvalue weighted by molar-refractivity contribution is 7.03. The molecule has 0 fully saturated rings. The van der Waals surface area contributed by atoms with Gasteiger partial charge in [0.15, 0.2) is 11.5 Å². The number of carbonyl (C=O) groups is 1. The summed E-state index contributed by atoms with van der Waals surface area (Å²) in [5.74, 6) is -0.172. The lowest BCUT2D eigenvalue weighted by Gasteiger charge is -2.03. The monoisotopic (exact) mass is 274 g/mol. The van der Waals surface area contributed by atoms with E-state index in [2.05, 4.69) is 19.9 Å². The van der Waals surface area contributed by atoms with Crippen LogP contribution >= 0.6 is 34.7 Å². The fraction of sp³-hybridized carbons (Fsp3) is 0. The van der Waals surface area contributed by atoms with Crippen molar-refractivity contribution in [3.8, 4) is 0 Å². The summed E-state index contributed by atoms with van der Waals surface area (Å²) in [6.07, 6.45) is 1.39. The van der Waals surface area contributed by atoms with E-state index in [0.717, 1.165) is 11.5 Å². The molecule has 2 aromatic rings. The van der Waals surface area contributed by atoms with Gasteiger partial charge in [-0.15, -0.1) is 5.10 Å². The molecule has 0 unspecified atom stereocenters. The van der Waals surface area contributed by atoms with Crippen LogP contribution in [-0.2, 0) is 0 Å². The van der Waals surface area contributed by atoms with Crippen molar-refractivity contribution in [1.82, 2.24) is 14.6 Å². The van der Waals surface area contributed by atoms with Crippen molar-refractivity contribution in [3.05, 3.63) is 33.4 Å². The average Bonchev–Trinajstić information content (AvgIpc) is 2.75. The van der Waals surface area contributed by atoms with E-state index < -0.39 is 5.91 Å². The van der Waals surface area contributed by atoms with Gasteiger partial charge in [-0.05, 0) is 17.6 Å². The van der Waals surface area contributed by atoms with Crippen molar-refractivity contribution >= 4 is 46.5 Å². The van der Waals surface area contributed by atoms with Crippen LogP contribution in [0.25, 0.3) is 0 Å². The molecule has 8 heteroatoms. The third-order valence-electron chi connectivity index (χ3n) is 1.63. The number of anilines is 1. The molecule has 0 atom stereocenters. The third kappa shape index (κ3) is 2.46. The molecule has 0 spiro atoms. The van der Waals surface area contributed by atoms with Gasteiger partial charge in [0.1, 0.15) is 0 Å². The Morgan fingerprint density at radius 3 is 2.88 bits per heavy atom. The zero-order valence-electron chi connectivity index (χ0n) is 7.65. The van der Waals surface area contributed by atoms with Crippen molar-refractivity contribution in [2.45, 2.75) is 0 Å². The largest absolute Gasteiger partial charge is 0.304 e. The molecule has 1 amide bonds.